The van der Waals surface area contributed by atoms with Crippen molar-refractivity contribution in [3.63, 3.8) is 0 Å². The molecule has 2 nitrogen and oxygen atoms in total. The maximum atomic E-state index is 6.57. The zero-order valence-corrected chi connectivity index (χ0v) is 33.1. The zero-order chi connectivity index (χ0) is 39.5. The summed E-state index contributed by atoms with van der Waals surface area (Å²) in [5.41, 5.74) is 18.9. The molecule has 0 fully saturated rings. The summed E-state index contributed by atoms with van der Waals surface area (Å²) in [5, 5.41) is 4.83. The summed E-state index contributed by atoms with van der Waals surface area (Å²) in [6.07, 6.45) is 0. The van der Waals surface area contributed by atoms with Gasteiger partial charge in [-0.2, -0.15) is 0 Å². The highest BCUT2D eigenvalue weighted by Crippen LogP contribution is 2.43. The van der Waals surface area contributed by atoms with Crippen molar-refractivity contribution in [2.24, 2.45) is 0 Å². The van der Waals surface area contributed by atoms with E-state index in [1.165, 1.54) is 82.8 Å². The lowest BCUT2D eigenvalue weighted by Gasteiger charge is -2.21. The Kier molecular flexibility index (Phi) is 8.37. The summed E-state index contributed by atoms with van der Waals surface area (Å²) in [6, 6.07) is 74.8. The topological polar surface area (TPSA) is 18.1 Å². The van der Waals surface area contributed by atoms with Crippen molar-refractivity contribution in [1.82, 2.24) is 4.57 Å². The Morgan fingerprint density at radius 3 is 1.80 bits per heavy atom. The summed E-state index contributed by atoms with van der Waals surface area (Å²) in [6.45, 7) is 4.56. The summed E-state index contributed by atoms with van der Waals surface area (Å²) in [7, 11) is 0. The fraction of sp³-hybridized carbons (Fsp3) is 0.0526. The second-order valence-corrected chi connectivity index (χ2v) is 15.7. The smallest absolute Gasteiger partial charge is 0.136 e. The van der Waals surface area contributed by atoms with Crippen molar-refractivity contribution in [2.75, 3.05) is 0 Å². The highest BCUT2D eigenvalue weighted by atomic mass is 16.3. The lowest BCUT2D eigenvalue weighted by molar-refractivity contribution is 0.668. The van der Waals surface area contributed by atoms with Crippen molar-refractivity contribution in [3.05, 3.63) is 223 Å². The van der Waals surface area contributed by atoms with Gasteiger partial charge in [0.2, 0.25) is 0 Å². The highest BCUT2D eigenvalue weighted by molar-refractivity contribution is 6.11. The lowest BCUT2D eigenvalue weighted by atomic mass is 9.83. The number of aromatic nitrogens is 1. The molecule has 9 aromatic carbocycles. The van der Waals surface area contributed by atoms with E-state index in [1.54, 1.807) is 0 Å². The number of aryl methyl sites for hydroxylation is 1. The van der Waals surface area contributed by atoms with Crippen molar-refractivity contribution >= 4 is 43.7 Å². The van der Waals surface area contributed by atoms with Gasteiger partial charge in [-0.3, -0.25) is 0 Å². The molecule has 0 amide bonds. The predicted octanol–water partition coefficient (Wildman–Crippen LogP) is 15.8. The van der Waals surface area contributed by atoms with Crippen LogP contribution < -0.4 is 0 Å². The standard InChI is InChI=1S/C57H41NO/c1-37-14-9-10-19-46(37)51-34-42(26-31-47(51)38(2)48-21-13-23-55-57(48)50-32-27-44(36-56(50)59-55)40-17-7-4-8-18-40)43-28-33-54-52(35-43)49-20-11-12-22-53(49)58(54)45-29-24-41(25-30-45)39-15-5-3-6-16-39/h3-36,38H,1-2H3. The van der Waals surface area contributed by atoms with E-state index in [2.05, 4.69) is 225 Å². The van der Waals surface area contributed by atoms with E-state index in [4.69, 9.17) is 4.42 Å². The van der Waals surface area contributed by atoms with Crippen LogP contribution in [0.3, 0.4) is 0 Å². The predicted molar refractivity (Wildman–Crippen MR) is 248 cm³/mol. The molecule has 1 atom stereocenters. The second kappa shape index (κ2) is 14.2. The van der Waals surface area contributed by atoms with Crippen LogP contribution in [-0.2, 0) is 0 Å². The van der Waals surface area contributed by atoms with Gasteiger partial charge in [-0.05, 0) is 123 Å². The van der Waals surface area contributed by atoms with Gasteiger partial charge in [0.05, 0.1) is 11.0 Å². The number of fused-ring (bicyclic) bond motifs is 6. The molecule has 0 radical (unpaired) electrons. The van der Waals surface area contributed by atoms with Crippen molar-refractivity contribution < 1.29 is 4.42 Å². The van der Waals surface area contributed by atoms with E-state index in [0.29, 0.717) is 0 Å². The summed E-state index contributed by atoms with van der Waals surface area (Å²) in [4.78, 5) is 0. The molecule has 0 saturated carbocycles. The lowest BCUT2D eigenvalue weighted by Crippen LogP contribution is -2.01. The van der Waals surface area contributed by atoms with Gasteiger partial charge < -0.3 is 8.98 Å². The van der Waals surface area contributed by atoms with Crippen LogP contribution in [0.1, 0.15) is 29.5 Å². The summed E-state index contributed by atoms with van der Waals surface area (Å²) >= 11 is 0. The molecule has 0 bridgehead atoms. The molecule has 0 aliphatic heterocycles. The second-order valence-electron chi connectivity index (χ2n) is 15.7. The number of benzene rings is 9. The normalized spacial score (nSPS) is 12.2. The first kappa shape index (κ1) is 34.8. The molecule has 0 N–H and O–H groups in total. The minimum atomic E-state index is 0.102. The van der Waals surface area contributed by atoms with Crippen LogP contribution in [0, 0.1) is 6.92 Å². The summed E-state index contributed by atoms with van der Waals surface area (Å²) in [5.74, 6) is 0.102. The van der Waals surface area contributed by atoms with Crippen LogP contribution in [0.4, 0.5) is 0 Å². The van der Waals surface area contributed by atoms with Gasteiger partial charge in [-0.1, -0.05) is 159 Å². The Bertz CT molecular complexity index is 3330. The average molecular weight is 756 g/mol. The van der Waals surface area contributed by atoms with Crippen LogP contribution in [-0.4, -0.2) is 4.57 Å². The zero-order valence-electron chi connectivity index (χ0n) is 33.1. The molecule has 59 heavy (non-hydrogen) atoms. The molecule has 0 spiro atoms. The third-order valence-electron chi connectivity index (χ3n) is 12.3. The average Bonchev–Trinajstić information content (AvgIpc) is 3.84. The number of rotatable bonds is 7. The van der Waals surface area contributed by atoms with E-state index >= 15 is 0 Å². The third kappa shape index (κ3) is 5.96. The minimum absolute atomic E-state index is 0.102. The monoisotopic (exact) mass is 755 g/mol. The maximum absolute atomic E-state index is 6.57. The van der Waals surface area contributed by atoms with E-state index in [1.807, 2.05) is 0 Å². The Hall–Kier alpha value is -7.42. The minimum Gasteiger partial charge on any atom is -0.456 e. The molecular formula is C57H41NO. The quantitative estimate of drug-likeness (QED) is 0.158. The van der Waals surface area contributed by atoms with Crippen LogP contribution in [0.2, 0.25) is 0 Å². The Morgan fingerprint density at radius 2 is 1.00 bits per heavy atom. The maximum Gasteiger partial charge on any atom is 0.136 e. The van der Waals surface area contributed by atoms with Gasteiger partial charge in [0.1, 0.15) is 11.2 Å². The largest absolute Gasteiger partial charge is 0.456 e. The fourth-order valence-electron chi connectivity index (χ4n) is 9.28. The van der Waals surface area contributed by atoms with Crippen molar-refractivity contribution in [3.8, 4) is 50.2 Å². The number of para-hydroxylation sites is 1. The first-order valence-corrected chi connectivity index (χ1v) is 20.5. The van der Waals surface area contributed by atoms with Crippen LogP contribution in [0.25, 0.3) is 93.9 Å². The van der Waals surface area contributed by atoms with E-state index in [-0.39, 0.29) is 5.92 Å². The van der Waals surface area contributed by atoms with Gasteiger partial charge in [-0.25, -0.2) is 0 Å². The van der Waals surface area contributed by atoms with Gasteiger partial charge in [-0.15, -0.1) is 0 Å². The van der Waals surface area contributed by atoms with Crippen LogP contribution >= 0.6 is 0 Å². The molecule has 2 aromatic heterocycles. The highest BCUT2D eigenvalue weighted by Gasteiger charge is 2.22. The van der Waals surface area contributed by atoms with E-state index < -0.39 is 0 Å². The fourth-order valence-corrected chi connectivity index (χ4v) is 9.28. The van der Waals surface area contributed by atoms with Crippen molar-refractivity contribution in [2.45, 2.75) is 19.8 Å². The molecule has 0 saturated heterocycles. The Morgan fingerprint density at radius 1 is 0.390 bits per heavy atom. The van der Waals surface area contributed by atoms with Gasteiger partial charge in [0, 0.05) is 33.2 Å². The first-order valence-electron chi connectivity index (χ1n) is 20.5. The Balaban J connectivity index is 1.02. The molecule has 0 aliphatic rings. The SMILES string of the molecule is Cc1ccccc1-c1cc(-c2ccc3c(c2)c2ccccc2n3-c2ccc(-c3ccccc3)cc2)ccc1C(C)c1cccc2oc3cc(-c4ccccc4)ccc3c12. The number of furan rings is 1. The first-order chi connectivity index (χ1) is 29.1. The van der Waals surface area contributed by atoms with E-state index in [0.717, 1.165) is 27.8 Å². The number of hydrogen-bond acceptors (Lipinski definition) is 1. The molecule has 2 heteroatoms. The van der Waals surface area contributed by atoms with Crippen LogP contribution in [0.15, 0.2) is 211 Å². The number of hydrogen-bond donors (Lipinski definition) is 0. The third-order valence-corrected chi connectivity index (χ3v) is 12.3. The van der Waals surface area contributed by atoms with Gasteiger partial charge in [0.25, 0.3) is 0 Å². The molecule has 1 unspecified atom stereocenters. The molecule has 0 aliphatic carbocycles. The number of nitrogens with zero attached hydrogens (tertiary/aromatic N) is 1. The Labute approximate surface area is 344 Å². The van der Waals surface area contributed by atoms with Crippen molar-refractivity contribution in [1.29, 1.82) is 0 Å². The molecule has 280 valence electrons. The molecule has 2 heterocycles. The van der Waals surface area contributed by atoms with E-state index in [9.17, 15) is 0 Å². The molecule has 11 rings (SSSR count). The molecular weight excluding hydrogens is 715 g/mol. The van der Waals surface area contributed by atoms with Gasteiger partial charge in [0.15, 0.2) is 0 Å². The molecule has 11 aromatic rings. The van der Waals surface area contributed by atoms with Crippen LogP contribution in [0.5, 0.6) is 0 Å². The summed E-state index contributed by atoms with van der Waals surface area (Å²) < 4.78 is 8.97. The van der Waals surface area contributed by atoms with Gasteiger partial charge >= 0.3 is 0 Å².